The van der Waals surface area contributed by atoms with Gasteiger partial charge in [-0.15, -0.1) is 0 Å². The van der Waals surface area contributed by atoms with Crippen LogP contribution in [0, 0.1) is 0 Å². The van der Waals surface area contributed by atoms with Crippen molar-refractivity contribution in [2.75, 3.05) is 11.1 Å². The fourth-order valence-corrected chi connectivity index (χ4v) is 2.23. The van der Waals surface area contributed by atoms with Crippen molar-refractivity contribution in [1.29, 1.82) is 0 Å². The lowest BCUT2D eigenvalue weighted by molar-refractivity contribution is 0.242. The molecule has 2 aromatic rings. The van der Waals surface area contributed by atoms with Crippen LogP contribution >= 0.6 is 27.5 Å². The van der Waals surface area contributed by atoms with Crippen LogP contribution in [0.15, 0.2) is 40.9 Å². The maximum absolute atomic E-state index is 5.99. The van der Waals surface area contributed by atoms with Gasteiger partial charge in [-0.25, -0.2) is 0 Å². The molecule has 0 saturated carbocycles. The lowest BCUT2D eigenvalue weighted by Crippen LogP contribution is -2.05. The van der Waals surface area contributed by atoms with Gasteiger partial charge in [0.15, 0.2) is 0 Å². The molecule has 0 radical (unpaired) electrons. The van der Waals surface area contributed by atoms with E-state index < -0.39 is 0 Å². The molecule has 20 heavy (non-hydrogen) atoms. The number of hydrogen-bond donors (Lipinski definition) is 2. The van der Waals surface area contributed by atoms with E-state index in [1.807, 2.05) is 44.2 Å². The topological polar surface area (TPSA) is 47.3 Å². The Bertz CT molecular complexity index is 600. The summed E-state index contributed by atoms with van der Waals surface area (Å²) in [6.07, 6.45) is 0.164. The smallest absolute Gasteiger partial charge is 0.119 e. The van der Waals surface area contributed by atoms with E-state index in [1.165, 1.54) is 0 Å². The van der Waals surface area contributed by atoms with Gasteiger partial charge in [0.1, 0.15) is 5.75 Å². The van der Waals surface area contributed by atoms with Crippen LogP contribution in [0.2, 0.25) is 5.02 Å². The Morgan fingerprint density at radius 3 is 2.45 bits per heavy atom. The Morgan fingerprint density at radius 2 is 1.85 bits per heavy atom. The lowest BCUT2D eigenvalue weighted by Gasteiger charge is -2.13. The molecule has 3 N–H and O–H groups in total. The molecule has 2 aromatic carbocycles. The molecule has 0 aromatic heterocycles. The first kappa shape index (κ1) is 15.0. The Labute approximate surface area is 132 Å². The van der Waals surface area contributed by atoms with Crippen molar-refractivity contribution in [3.8, 4) is 5.75 Å². The minimum atomic E-state index is 0.164. The first-order valence-electron chi connectivity index (χ1n) is 6.24. The molecule has 0 unspecified atom stereocenters. The third kappa shape index (κ3) is 3.81. The predicted molar refractivity (Wildman–Crippen MR) is 89.1 cm³/mol. The van der Waals surface area contributed by atoms with Crippen molar-refractivity contribution in [3.05, 3.63) is 45.9 Å². The van der Waals surface area contributed by atoms with E-state index in [1.54, 1.807) is 6.07 Å². The molecule has 0 aliphatic heterocycles. The fourth-order valence-electron chi connectivity index (χ4n) is 1.71. The van der Waals surface area contributed by atoms with Crippen LogP contribution in [0.25, 0.3) is 0 Å². The Hall–Kier alpha value is -1.39. The van der Waals surface area contributed by atoms with Crippen molar-refractivity contribution >= 4 is 44.6 Å². The van der Waals surface area contributed by atoms with Gasteiger partial charge in [0, 0.05) is 10.2 Å². The van der Waals surface area contributed by atoms with Gasteiger partial charge in [0.05, 0.1) is 22.5 Å². The number of halogens is 2. The fraction of sp³-hybridized carbons (Fsp3) is 0.200. The van der Waals surface area contributed by atoms with Gasteiger partial charge in [0.25, 0.3) is 0 Å². The van der Waals surface area contributed by atoms with Gasteiger partial charge in [-0.3, -0.25) is 0 Å². The zero-order valence-corrected chi connectivity index (χ0v) is 13.6. The summed E-state index contributed by atoms with van der Waals surface area (Å²) >= 11 is 9.37. The number of hydrogen-bond acceptors (Lipinski definition) is 3. The highest BCUT2D eigenvalue weighted by Gasteiger charge is 2.05. The molecule has 0 spiro atoms. The summed E-state index contributed by atoms with van der Waals surface area (Å²) in [6.45, 7) is 4.00. The summed E-state index contributed by atoms with van der Waals surface area (Å²) < 4.78 is 6.40. The van der Waals surface area contributed by atoms with Crippen LogP contribution in [-0.4, -0.2) is 6.10 Å². The van der Waals surface area contributed by atoms with Crippen LogP contribution in [0.5, 0.6) is 5.75 Å². The Balaban J connectivity index is 2.16. The van der Waals surface area contributed by atoms with Crippen LogP contribution < -0.4 is 15.8 Å². The van der Waals surface area contributed by atoms with Gasteiger partial charge in [-0.2, -0.15) is 0 Å². The molecule has 0 heterocycles. The average Bonchev–Trinajstić information content (AvgIpc) is 2.37. The summed E-state index contributed by atoms with van der Waals surface area (Å²) in [5.41, 5.74) is 8.28. The molecule has 0 fully saturated rings. The monoisotopic (exact) mass is 354 g/mol. The quantitative estimate of drug-likeness (QED) is 0.740. The zero-order valence-electron chi connectivity index (χ0n) is 11.3. The van der Waals surface area contributed by atoms with Gasteiger partial charge < -0.3 is 15.8 Å². The van der Waals surface area contributed by atoms with Crippen LogP contribution in [0.1, 0.15) is 13.8 Å². The zero-order chi connectivity index (χ0) is 14.7. The van der Waals surface area contributed by atoms with Crippen LogP contribution in [0.4, 0.5) is 17.1 Å². The minimum Gasteiger partial charge on any atom is -0.491 e. The van der Waals surface area contributed by atoms with Gasteiger partial charge in [-0.1, -0.05) is 11.6 Å². The molecule has 5 heteroatoms. The first-order valence-corrected chi connectivity index (χ1v) is 7.41. The molecule has 0 bridgehead atoms. The first-order chi connectivity index (χ1) is 9.45. The molecule has 0 aliphatic rings. The van der Waals surface area contributed by atoms with Crippen LogP contribution in [-0.2, 0) is 0 Å². The maximum atomic E-state index is 5.99. The van der Waals surface area contributed by atoms with Crippen molar-refractivity contribution in [2.45, 2.75) is 20.0 Å². The Kier molecular flexibility index (Phi) is 4.78. The van der Waals surface area contributed by atoms with Crippen molar-refractivity contribution in [3.63, 3.8) is 0 Å². The second-order valence-electron chi connectivity index (χ2n) is 4.67. The minimum absolute atomic E-state index is 0.164. The largest absolute Gasteiger partial charge is 0.491 e. The Morgan fingerprint density at radius 1 is 1.20 bits per heavy atom. The van der Waals surface area contributed by atoms with E-state index in [-0.39, 0.29) is 6.10 Å². The third-order valence-electron chi connectivity index (χ3n) is 2.60. The summed E-state index contributed by atoms with van der Waals surface area (Å²) in [4.78, 5) is 0. The summed E-state index contributed by atoms with van der Waals surface area (Å²) in [5.74, 6) is 0.843. The van der Waals surface area contributed by atoms with E-state index >= 15 is 0 Å². The molecule has 0 amide bonds. The molecule has 0 atom stereocenters. The number of nitrogens with two attached hydrogens (primary N) is 1. The van der Waals surface area contributed by atoms with E-state index in [4.69, 9.17) is 22.1 Å². The number of nitrogens with one attached hydrogen (secondary N) is 1. The highest BCUT2D eigenvalue weighted by atomic mass is 79.9. The van der Waals surface area contributed by atoms with Crippen molar-refractivity contribution in [1.82, 2.24) is 0 Å². The van der Waals surface area contributed by atoms with Gasteiger partial charge in [-0.05, 0) is 66.2 Å². The molecule has 106 valence electrons. The lowest BCUT2D eigenvalue weighted by atomic mass is 10.2. The molecule has 0 saturated heterocycles. The SMILES string of the molecule is CC(C)Oc1ccc(Nc2cc(Br)c(Cl)cc2N)cc1. The molecule has 2 rings (SSSR count). The van der Waals surface area contributed by atoms with Gasteiger partial charge in [0.2, 0.25) is 0 Å². The third-order valence-corrected chi connectivity index (χ3v) is 3.79. The van der Waals surface area contributed by atoms with E-state index in [0.29, 0.717) is 10.7 Å². The number of nitrogen functional groups attached to an aromatic ring is 1. The van der Waals surface area contributed by atoms with E-state index in [2.05, 4.69) is 21.2 Å². The normalized spacial score (nSPS) is 10.7. The standard InChI is InChI=1S/C15H16BrClN2O/c1-9(2)20-11-5-3-10(4-6-11)19-15-7-12(16)13(17)8-14(15)18/h3-9,19H,18H2,1-2H3. The molecular weight excluding hydrogens is 340 g/mol. The average molecular weight is 356 g/mol. The predicted octanol–water partition coefficient (Wildman–Crippen LogP) is 5.22. The summed E-state index contributed by atoms with van der Waals surface area (Å²) in [7, 11) is 0. The van der Waals surface area contributed by atoms with Crippen molar-refractivity contribution < 1.29 is 4.74 Å². The highest BCUT2D eigenvalue weighted by Crippen LogP contribution is 2.33. The molecule has 0 aliphatic carbocycles. The number of anilines is 3. The highest BCUT2D eigenvalue weighted by molar-refractivity contribution is 9.10. The maximum Gasteiger partial charge on any atom is 0.119 e. The van der Waals surface area contributed by atoms with Crippen molar-refractivity contribution in [2.24, 2.45) is 0 Å². The molecule has 3 nitrogen and oxygen atoms in total. The van der Waals surface area contributed by atoms with E-state index in [0.717, 1.165) is 21.6 Å². The summed E-state index contributed by atoms with van der Waals surface area (Å²) in [6, 6.07) is 11.3. The molecular formula is C15H16BrClN2O. The van der Waals surface area contributed by atoms with E-state index in [9.17, 15) is 0 Å². The number of ether oxygens (including phenoxy) is 1. The van der Waals surface area contributed by atoms with Gasteiger partial charge >= 0.3 is 0 Å². The summed E-state index contributed by atoms with van der Waals surface area (Å²) in [5, 5.41) is 3.84. The number of benzene rings is 2. The second-order valence-corrected chi connectivity index (χ2v) is 5.93. The van der Waals surface area contributed by atoms with Crippen LogP contribution in [0.3, 0.4) is 0 Å². The second kappa shape index (κ2) is 6.37. The number of rotatable bonds is 4.